The number of unbranched alkanes of at least 4 members (excludes halogenated alkanes) is 3. The summed E-state index contributed by atoms with van der Waals surface area (Å²) in [5, 5.41) is 11.8. The monoisotopic (exact) mass is 283 g/mol. The lowest BCUT2D eigenvalue weighted by Crippen LogP contribution is -2.32. The van der Waals surface area contributed by atoms with Gasteiger partial charge in [0, 0.05) is 6.04 Å². The molecular formula is C14H25N3O3. The zero-order valence-corrected chi connectivity index (χ0v) is 12.3. The number of carbonyl (C=O) groups excluding carboxylic acids is 1. The van der Waals surface area contributed by atoms with Crippen LogP contribution in [0.2, 0.25) is 0 Å². The van der Waals surface area contributed by atoms with Crippen molar-refractivity contribution in [2.75, 3.05) is 6.61 Å². The minimum absolute atomic E-state index is 0.103. The highest BCUT2D eigenvalue weighted by atomic mass is 16.3. The predicted molar refractivity (Wildman–Crippen MR) is 76.2 cm³/mol. The molecule has 4 N–H and O–H groups in total. The molecule has 0 aliphatic carbocycles. The van der Waals surface area contributed by atoms with E-state index in [1.54, 1.807) is 0 Å². The highest BCUT2D eigenvalue weighted by Crippen LogP contribution is 2.10. The fourth-order valence-corrected chi connectivity index (χ4v) is 1.89. The van der Waals surface area contributed by atoms with Crippen molar-refractivity contribution in [3.05, 3.63) is 17.8 Å². The van der Waals surface area contributed by atoms with Gasteiger partial charge in [-0.15, -0.1) is 0 Å². The van der Waals surface area contributed by atoms with E-state index in [1.807, 2.05) is 6.92 Å². The van der Waals surface area contributed by atoms with Crippen molar-refractivity contribution in [2.24, 2.45) is 5.73 Å². The van der Waals surface area contributed by atoms with Gasteiger partial charge in [0.1, 0.15) is 12.3 Å². The number of oxazole rings is 1. The number of aliphatic hydroxyl groups is 1. The van der Waals surface area contributed by atoms with Gasteiger partial charge in [0.25, 0.3) is 5.91 Å². The van der Waals surface area contributed by atoms with Gasteiger partial charge in [0.15, 0.2) is 5.69 Å². The van der Waals surface area contributed by atoms with Crippen LogP contribution in [0.4, 0.5) is 0 Å². The molecule has 0 saturated heterocycles. The molecule has 0 saturated carbocycles. The van der Waals surface area contributed by atoms with Crippen LogP contribution in [0.1, 0.15) is 68.4 Å². The van der Waals surface area contributed by atoms with Crippen LogP contribution in [0, 0.1) is 0 Å². The SMILES string of the molecule is CCCCCCC(C)NC(=O)c1coc(C(N)CO)n1. The lowest BCUT2D eigenvalue weighted by atomic mass is 10.1. The molecular weight excluding hydrogens is 258 g/mol. The number of aliphatic hydroxyl groups excluding tert-OH is 1. The van der Waals surface area contributed by atoms with Gasteiger partial charge in [0.2, 0.25) is 5.89 Å². The van der Waals surface area contributed by atoms with Crippen molar-refractivity contribution < 1.29 is 14.3 Å². The lowest BCUT2D eigenvalue weighted by Gasteiger charge is -2.12. The molecule has 1 aromatic rings. The molecule has 0 aliphatic heterocycles. The summed E-state index contributed by atoms with van der Waals surface area (Å²) in [5.74, 6) is -0.0959. The molecule has 0 fully saturated rings. The Balaban J connectivity index is 2.40. The number of hydrogen-bond acceptors (Lipinski definition) is 5. The second-order valence-electron chi connectivity index (χ2n) is 5.08. The van der Waals surface area contributed by atoms with Crippen molar-refractivity contribution in [1.29, 1.82) is 0 Å². The highest BCUT2D eigenvalue weighted by Gasteiger charge is 2.17. The van der Waals surface area contributed by atoms with E-state index >= 15 is 0 Å². The van der Waals surface area contributed by atoms with Gasteiger partial charge in [-0.3, -0.25) is 4.79 Å². The van der Waals surface area contributed by atoms with Gasteiger partial charge in [-0.2, -0.15) is 0 Å². The smallest absolute Gasteiger partial charge is 0.273 e. The summed E-state index contributed by atoms with van der Waals surface area (Å²) in [7, 11) is 0. The zero-order valence-electron chi connectivity index (χ0n) is 12.3. The third-order valence-corrected chi connectivity index (χ3v) is 3.14. The fraction of sp³-hybridized carbons (Fsp3) is 0.714. The Morgan fingerprint density at radius 3 is 2.90 bits per heavy atom. The number of amides is 1. The van der Waals surface area contributed by atoms with Crippen molar-refractivity contribution in [1.82, 2.24) is 10.3 Å². The second-order valence-corrected chi connectivity index (χ2v) is 5.08. The number of carbonyl (C=O) groups is 1. The summed E-state index contributed by atoms with van der Waals surface area (Å²) in [6.07, 6.45) is 6.95. The van der Waals surface area contributed by atoms with Crippen molar-refractivity contribution >= 4 is 5.91 Å². The normalized spacial score (nSPS) is 14.0. The molecule has 1 amide bonds. The van der Waals surface area contributed by atoms with Gasteiger partial charge < -0.3 is 20.6 Å². The Bertz CT molecular complexity index is 406. The van der Waals surface area contributed by atoms with Gasteiger partial charge in [0.05, 0.1) is 6.61 Å². The molecule has 0 spiro atoms. The standard InChI is InChI=1S/C14H25N3O3/c1-3-4-5-6-7-10(2)16-13(19)12-9-20-14(17-12)11(15)8-18/h9-11,18H,3-8,15H2,1-2H3,(H,16,19). The Kier molecular flexibility index (Phi) is 7.25. The number of nitrogens with zero attached hydrogens (tertiary/aromatic N) is 1. The van der Waals surface area contributed by atoms with Gasteiger partial charge in [-0.05, 0) is 13.3 Å². The van der Waals surface area contributed by atoms with Crippen LogP contribution in [0.25, 0.3) is 0 Å². The first-order valence-electron chi connectivity index (χ1n) is 7.21. The molecule has 2 atom stereocenters. The van der Waals surface area contributed by atoms with Crippen LogP contribution in [-0.4, -0.2) is 28.6 Å². The Hall–Kier alpha value is -1.40. The minimum atomic E-state index is -0.692. The fourth-order valence-electron chi connectivity index (χ4n) is 1.89. The molecule has 2 unspecified atom stereocenters. The first kappa shape index (κ1) is 16.7. The van der Waals surface area contributed by atoms with E-state index in [-0.39, 0.29) is 30.1 Å². The number of nitrogens with one attached hydrogen (secondary N) is 1. The molecule has 1 aromatic heterocycles. The summed E-state index contributed by atoms with van der Waals surface area (Å²) in [6.45, 7) is 3.88. The van der Waals surface area contributed by atoms with E-state index in [4.69, 9.17) is 15.3 Å². The van der Waals surface area contributed by atoms with Gasteiger partial charge in [-0.25, -0.2) is 4.98 Å². The molecule has 6 heteroatoms. The zero-order chi connectivity index (χ0) is 15.0. The van der Waals surface area contributed by atoms with Crippen LogP contribution in [-0.2, 0) is 0 Å². The molecule has 20 heavy (non-hydrogen) atoms. The quantitative estimate of drug-likeness (QED) is 0.599. The lowest BCUT2D eigenvalue weighted by molar-refractivity contribution is 0.0932. The largest absolute Gasteiger partial charge is 0.446 e. The topological polar surface area (TPSA) is 101 Å². The number of hydrogen-bond donors (Lipinski definition) is 3. The molecule has 1 rings (SSSR count). The van der Waals surface area contributed by atoms with E-state index in [9.17, 15) is 4.79 Å². The molecule has 1 heterocycles. The Morgan fingerprint density at radius 2 is 2.25 bits per heavy atom. The van der Waals surface area contributed by atoms with Crippen molar-refractivity contribution in [3.63, 3.8) is 0 Å². The van der Waals surface area contributed by atoms with E-state index in [0.29, 0.717) is 0 Å². The minimum Gasteiger partial charge on any atom is -0.446 e. The first-order chi connectivity index (χ1) is 9.58. The maximum absolute atomic E-state index is 11.9. The average Bonchev–Trinajstić information content (AvgIpc) is 2.92. The van der Waals surface area contributed by atoms with Crippen LogP contribution in [0.5, 0.6) is 0 Å². The summed E-state index contributed by atoms with van der Waals surface area (Å²) < 4.78 is 5.08. The van der Waals surface area contributed by atoms with Gasteiger partial charge >= 0.3 is 0 Å². The summed E-state index contributed by atoms with van der Waals surface area (Å²) in [5.41, 5.74) is 5.76. The van der Waals surface area contributed by atoms with Crippen molar-refractivity contribution in [3.8, 4) is 0 Å². The van der Waals surface area contributed by atoms with Crippen LogP contribution in [0.3, 0.4) is 0 Å². The van der Waals surface area contributed by atoms with E-state index in [1.165, 1.54) is 25.5 Å². The predicted octanol–water partition coefficient (Wildman–Crippen LogP) is 1.76. The molecule has 0 radical (unpaired) electrons. The maximum atomic E-state index is 11.9. The molecule has 0 aliphatic rings. The molecule has 6 nitrogen and oxygen atoms in total. The first-order valence-corrected chi connectivity index (χ1v) is 7.21. The summed E-state index contributed by atoms with van der Waals surface area (Å²) in [4.78, 5) is 15.9. The van der Waals surface area contributed by atoms with E-state index in [2.05, 4.69) is 17.2 Å². The Morgan fingerprint density at radius 1 is 1.50 bits per heavy atom. The Labute approximate surface area is 119 Å². The van der Waals surface area contributed by atoms with E-state index < -0.39 is 6.04 Å². The number of rotatable bonds is 9. The molecule has 0 aromatic carbocycles. The molecule has 114 valence electrons. The third kappa shape index (κ3) is 5.30. The second kappa shape index (κ2) is 8.71. The number of nitrogens with two attached hydrogens (primary N) is 1. The van der Waals surface area contributed by atoms with E-state index in [0.717, 1.165) is 12.8 Å². The highest BCUT2D eigenvalue weighted by molar-refractivity contribution is 5.92. The third-order valence-electron chi connectivity index (χ3n) is 3.14. The number of aromatic nitrogens is 1. The summed E-state index contributed by atoms with van der Waals surface area (Å²) >= 11 is 0. The van der Waals surface area contributed by atoms with Gasteiger partial charge in [-0.1, -0.05) is 32.6 Å². The van der Waals surface area contributed by atoms with Crippen LogP contribution < -0.4 is 11.1 Å². The van der Waals surface area contributed by atoms with Crippen LogP contribution >= 0.6 is 0 Å². The average molecular weight is 283 g/mol. The summed E-state index contributed by atoms with van der Waals surface area (Å²) in [6, 6.07) is -0.589. The molecule has 0 bridgehead atoms. The van der Waals surface area contributed by atoms with Crippen molar-refractivity contribution in [2.45, 2.75) is 58.0 Å². The maximum Gasteiger partial charge on any atom is 0.273 e. The van der Waals surface area contributed by atoms with Crippen LogP contribution in [0.15, 0.2) is 10.7 Å².